The number of rotatable bonds is 3. The van der Waals surface area contributed by atoms with Crippen LogP contribution in [0.25, 0.3) is 0 Å². The third-order valence-corrected chi connectivity index (χ3v) is 3.94. The molecule has 2 fully saturated rings. The van der Waals surface area contributed by atoms with E-state index < -0.39 is 5.97 Å². The van der Waals surface area contributed by atoms with E-state index in [2.05, 4.69) is 11.9 Å². The van der Waals surface area contributed by atoms with Gasteiger partial charge in [0.05, 0.1) is 19.6 Å². The summed E-state index contributed by atoms with van der Waals surface area (Å²) in [4.78, 5) is 16.6. The molecule has 0 amide bonds. The maximum Gasteiger partial charge on any atom is 0.317 e. The highest BCUT2D eigenvalue weighted by Crippen LogP contribution is 2.16. The third kappa shape index (κ3) is 3.66. The fraction of sp³-hybridized carbons (Fsp3) is 0.833. The number of piperazine rings is 1. The van der Waals surface area contributed by atoms with Crippen LogP contribution in [0.15, 0.2) is 0 Å². The minimum atomic E-state index is -0.710. The molecule has 0 aliphatic carbocycles. The minimum absolute atomic E-state index is 0.198. The van der Waals surface area contributed by atoms with Gasteiger partial charge in [-0.05, 0) is 12.8 Å². The number of hydrogen-bond donors (Lipinski definition) is 2. The Labute approximate surface area is 103 Å². The monoisotopic (exact) mass is 241 g/mol. The molecule has 2 saturated heterocycles. The summed E-state index contributed by atoms with van der Waals surface area (Å²) in [7, 11) is 4.04. The van der Waals surface area contributed by atoms with Gasteiger partial charge in [-0.1, -0.05) is 0 Å². The van der Waals surface area contributed by atoms with Gasteiger partial charge < -0.3 is 10.0 Å². The standard InChI is InChI=1S/C12H23N3O2/c1-13-6-8-15(9-7-13)11-2-4-14(5-3-11)10-12(16)17/h11,13H,1-10H2,(H,16,17). The van der Waals surface area contributed by atoms with E-state index in [1.165, 1.54) is 4.90 Å². The van der Waals surface area contributed by atoms with Crippen molar-refractivity contribution in [2.75, 3.05) is 45.8 Å². The first-order valence-electron chi connectivity index (χ1n) is 6.50. The van der Waals surface area contributed by atoms with E-state index in [-0.39, 0.29) is 6.54 Å². The van der Waals surface area contributed by atoms with Crippen molar-refractivity contribution in [2.45, 2.75) is 18.9 Å². The van der Waals surface area contributed by atoms with Gasteiger partial charge in [0.15, 0.2) is 0 Å². The Morgan fingerprint density at radius 2 is 1.82 bits per heavy atom. The summed E-state index contributed by atoms with van der Waals surface area (Å²) >= 11 is 0. The Balaban J connectivity index is 1.73. The number of aliphatic carboxylic acids is 1. The minimum Gasteiger partial charge on any atom is -0.480 e. The van der Waals surface area contributed by atoms with Gasteiger partial charge in [-0.15, -0.1) is 0 Å². The summed E-state index contributed by atoms with van der Waals surface area (Å²) in [6.07, 6.45) is 2.22. The summed E-state index contributed by atoms with van der Waals surface area (Å²) in [5, 5.41) is 8.75. The van der Waals surface area contributed by atoms with Crippen molar-refractivity contribution in [1.29, 1.82) is 0 Å². The van der Waals surface area contributed by atoms with Crippen LogP contribution in [0, 0.1) is 7.05 Å². The third-order valence-electron chi connectivity index (χ3n) is 3.94. The highest BCUT2D eigenvalue weighted by atomic mass is 16.4. The molecule has 5 heteroatoms. The average Bonchev–Trinajstić information content (AvgIpc) is 2.30. The van der Waals surface area contributed by atoms with Crippen LogP contribution in [0.1, 0.15) is 12.8 Å². The molecular formula is C12H23N3O2. The molecule has 0 unspecified atom stereocenters. The lowest BCUT2D eigenvalue weighted by Crippen LogP contribution is -3.10. The Kier molecular flexibility index (Phi) is 4.36. The predicted molar refractivity (Wildman–Crippen MR) is 64.7 cm³/mol. The van der Waals surface area contributed by atoms with Gasteiger partial charge in [-0.3, -0.25) is 14.6 Å². The maximum atomic E-state index is 10.6. The number of likely N-dealkylation sites (tertiary alicyclic amines) is 1. The van der Waals surface area contributed by atoms with Crippen LogP contribution in [0.3, 0.4) is 0 Å². The molecule has 17 heavy (non-hydrogen) atoms. The number of piperidine rings is 1. The normalized spacial score (nSPS) is 26.2. The average molecular weight is 241 g/mol. The molecule has 2 rings (SSSR count). The largest absolute Gasteiger partial charge is 0.480 e. The van der Waals surface area contributed by atoms with Crippen LogP contribution >= 0.6 is 0 Å². The predicted octanol–water partition coefficient (Wildman–Crippen LogP) is -1.47. The van der Waals surface area contributed by atoms with Gasteiger partial charge >= 0.3 is 5.97 Å². The number of carboxylic acids is 1. The molecule has 0 aromatic heterocycles. The molecule has 0 atom stereocenters. The van der Waals surface area contributed by atoms with Gasteiger partial charge in [0.1, 0.15) is 0 Å². The van der Waals surface area contributed by atoms with Gasteiger partial charge in [-0.25, -0.2) is 0 Å². The van der Waals surface area contributed by atoms with Crippen LogP contribution in [0.4, 0.5) is 0 Å². The molecule has 0 aromatic carbocycles. The van der Waals surface area contributed by atoms with E-state index >= 15 is 0 Å². The fourth-order valence-corrected chi connectivity index (χ4v) is 2.84. The van der Waals surface area contributed by atoms with Gasteiger partial charge in [0, 0.05) is 32.2 Å². The number of carboxylic acid groups (broad SMARTS) is 1. The smallest absolute Gasteiger partial charge is 0.317 e. The molecule has 5 nitrogen and oxygen atoms in total. The second-order valence-electron chi connectivity index (χ2n) is 5.19. The lowest BCUT2D eigenvalue weighted by Gasteiger charge is -2.42. The van der Waals surface area contributed by atoms with Gasteiger partial charge in [0.2, 0.25) is 0 Å². The van der Waals surface area contributed by atoms with Gasteiger partial charge in [0.25, 0.3) is 0 Å². The summed E-state index contributed by atoms with van der Waals surface area (Å²) in [6, 6.07) is 0.660. The van der Waals surface area contributed by atoms with Crippen molar-refractivity contribution in [1.82, 2.24) is 9.80 Å². The molecule has 2 N–H and O–H groups in total. The summed E-state index contributed by atoms with van der Waals surface area (Å²) in [6.45, 7) is 6.60. The molecule has 98 valence electrons. The second-order valence-corrected chi connectivity index (χ2v) is 5.19. The van der Waals surface area contributed by atoms with E-state index in [9.17, 15) is 4.79 Å². The van der Waals surface area contributed by atoms with Crippen molar-refractivity contribution >= 4 is 5.97 Å². The molecule has 0 spiro atoms. The number of nitrogens with one attached hydrogen (secondary N) is 1. The van der Waals surface area contributed by atoms with E-state index in [1.54, 1.807) is 0 Å². The molecule has 2 aliphatic rings. The zero-order valence-corrected chi connectivity index (χ0v) is 10.4. The first-order valence-corrected chi connectivity index (χ1v) is 6.50. The first-order chi connectivity index (χ1) is 8.15. The van der Waals surface area contributed by atoms with Crippen LogP contribution in [0.5, 0.6) is 0 Å². The second kappa shape index (κ2) is 5.80. The molecule has 0 aromatic rings. The van der Waals surface area contributed by atoms with E-state index in [1.807, 2.05) is 4.90 Å². The quantitative estimate of drug-likeness (QED) is 0.592. The highest BCUT2D eigenvalue weighted by molar-refractivity contribution is 5.69. The summed E-state index contributed by atoms with van der Waals surface area (Å²) in [5.74, 6) is -0.710. The zero-order chi connectivity index (χ0) is 12.3. The molecule has 0 bridgehead atoms. The Morgan fingerprint density at radius 3 is 2.35 bits per heavy atom. The van der Waals surface area contributed by atoms with Crippen molar-refractivity contribution in [3.05, 3.63) is 7.05 Å². The Bertz CT molecular complexity index is 256. The Hall–Kier alpha value is -0.650. The molecule has 2 heterocycles. The number of nitrogens with zero attached hydrogens (tertiary/aromatic N) is 2. The van der Waals surface area contributed by atoms with Crippen LogP contribution in [-0.2, 0) is 4.79 Å². The van der Waals surface area contributed by atoms with Crippen molar-refractivity contribution in [3.63, 3.8) is 0 Å². The summed E-state index contributed by atoms with van der Waals surface area (Å²) in [5.41, 5.74) is 0. The van der Waals surface area contributed by atoms with Crippen molar-refractivity contribution in [3.8, 4) is 0 Å². The first kappa shape index (κ1) is 12.8. The lowest BCUT2D eigenvalue weighted by atomic mass is 10.0. The molecule has 0 radical (unpaired) electrons. The van der Waals surface area contributed by atoms with Crippen LogP contribution in [0.2, 0.25) is 0 Å². The number of carbonyl (C=O) groups is 1. The molecule has 2 aliphatic heterocycles. The molecular weight excluding hydrogens is 218 g/mol. The number of hydrogen-bond acceptors (Lipinski definition) is 3. The SMILES string of the molecule is [CH2-][NH+]1CCN(C2CCN(CC(=O)O)CC2)CC1. The molecule has 0 saturated carbocycles. The Morgan fingerprint density at radius 1 is 1.24 bits per heavy atom. The highest BCUT2D eigenvalue weighted by Gasteiger charge is 2.27. The van der Waals surface area contributed by atoms with E-state index in [4.69, 9.17) is 5.11 Å². The van der Waals surface area contributed by atoms with Crippen LogP contribution in [-0.4, -0.2) is 72.7 Å². The fourth-order valence-electron chi connectivity index (χ4n) is 2.84. The number of quaternary nitrogens is 1. The van der Waals surface area contributed by atoms with Gasteiger partial charge in [-0.2, -0.15) is 7.05 Å². The van der Waals surface area contributed by atoms with E-state index in [0.29, 0.717) is 6.04 Å². The van der Waals surface area contributed by atoms with E-state index in [0.717, 1.165) is 52.1 Å². The maximum absolute atomic E-state index is 10.6. The van der Waals surface area contributed by atoms with Crippen molar-refractivity contribution < 1.29 is 14.8 Å². The lowest BCUT2D eigenvalue weighted by molar-refractivity contribution is -0.859. The summed E-state index contributed by atoms with van der Waals surface area (Å²) < 4.78 is 0. The van der Waals surface area contributed by atoms with Crippen molar-refractivity contribution in [2.24, 2.45) is 0 Å². The van der Waals surface area contributed by atoms with Crippen LogP contribution < -0.4 is 4.90 Å². The zero-order valence-electron chi connectivity index (χ0n) is 10.4. The topological polar surface area (TPSA) is 48.2 Å².